The van der Waals surface area contributed by atoms with Crippen LogP contribution in [0.5, 0.6) is 0 Å². The smallest absolute Gasteiger partial charge is 0.341 e. The molecule has 0 saturated carbocycles. The van der Waals surface area contributed by atoms with E-state index in [0.717, 1.165) is 19.4 Å². The van der Waals surface area contributed by atoms with Gasteiger partial charge in [-0.25, -0.2) is 4.79 Å². The fourth-order valence-electron chi connectivity index (χ4n) is 2.37. The Labute approximate surface area is 164 Å². The fraction of sp³-hybridized carbons (Fsp3) is 0.286. The number of esters is 1. The quantitative estimate of drug-likeness (QED) is 0.370. The van der Waals surface area contributed by atoms with Gasteiger partial charge in [0.05, 0.1) is 5.56 Å². The first kappa shape index (κ1) is 21.0. The molecule has 2 aromatic rings. The van der Waals surface area contributed by atoms with Gasteiger partial charge in [-0.1, -0.05) is 43.7 Å². The number of hydrogen-bond donors (Lipinski definition) is 3. The number of nitrogens with one attached hydrogen (secondary N) is 3. The Morgan fingerprint density at radius 1 is 0.964 bits per heavy atom. The molecule has 3 N–H and O–H groups in total. The maximum Gasteiger partial charge on any atom is 0.341 e. The number of unbranched alkanes of at least 4 members (excludes halogenated alkanes) is 1. The summed E-state index contributed by atoms with van der Waals surface area (Å²) >= 11 is 0. The molecule has 2 aromatic carbocycles. The molecule has 0 fully saturated rings. The molecule has 0 heterocycles. The highest BCUT2D eigenvalue weighted by Crippen LogP contribution is 2.17. The summed E-state index contributed by atoms with van der Waals surface area (Å²) in [7, 11) is 0. The topological polar surface area (TPSA) is 96.5 Å². The third kappa shape index (κ3) is 6.12. The van der Waals surface area contributed by atoms with E-state index in [0.29, 0.717) is 16.8 Å². The van der Waals surface area contributed by atoms with Crippen molar-refractivity contribution in [1.29, 1.82) is 0 Å². The van der Waals surface area contributed by atoms with Gasteiger partial charge < -0.3 is 10.1 Å². The summed E-state index contributed by atoms with van der Waals surface area (Å²) in [5.74, 6) is -1.70. The van der Waals surface area contributed by atoms with Crippen LogP contribution in [0.3, 0.4) is 0 Å². The molecule has 0 radical (unpaired) electrons. The van der Waals surface area contributed by atoms with E-state index >= 15 is 0 Å². The molecule has 148 valence electrons. The molecule has 0 aliphatic rings. The monoisotopic (exact) mass is 383 g/mol. The highest BCUT2D eigenvalue weighted by atomic mass is 16.5. The van der Waals surface area contributed by atoms with E-state index in [2.05, 4.69) is 23.1 Å². The summed E-state index contributed by atoms with van der Waals surface area (Å²) < 4.78 is 5.24. The van der Waals surface area contributed by atoms with Crippen LogP contribution in [0, 0.1) is 0 Å². The number of rotatable bonds is 8. The molecule has 0 spiro atoms. The zero-order chi connectivity index (χ0) is 20.4. The van der Waals surface area contributed by atoms with Gasteiger partial charge in [-0.15, -0.1) is 0 Å². The van der Waals surface area contributed by atoms with Crippen molar-refractivity contribution in [3.8, 4) is 0 Å². The predicted molar refractivity (Wildman–Crippen MR) is 107 cm³/mol. The molecule has 1 atom stereocenters. The number of ether oxygens (including phenoxy) is 1. The van der Waals surface area contributed by atoms with E-state index in [1.807, 2.05) is 6.07 Å². The van der Waals surface area contributed by atoms with Gasteiger partial charge in [0.15, 0.2) is 6.10 Å². The zero-order valence-corrected chi connectivity index (χ0v) is 16.0. The first-order chi connectivity index (χ1) is 13.5. The molecule has 0 aliphatic carbocycles. The SMILES string of the molecule is CCCCNc1ccccc1C(=O)O[C@H](C)C(=O)NNC(=O)c1ccccc1. The number of carbonyl (C=O) groups is 3. The summed E-state index contributed by atoms with van der Waals surface area (Å²) in [5.41, 5.74) is 5.97. The second-order valence-electron chi connectivity index (χ2n) is 6.18. The second kappa shape index (κ2) is 10.7. The third-order valence-electron chi connectivity index (χ3n) is 3.98. The van der Waals surface area contributed by atoms with Gasteiger partial charge >= 0.3 is 5.97 Å². The molecule has 2 rings (SSSR count). The van der Waals surface area contributed by atoms with E-state index < -0.39 is 23.9 Å². The summed E-state index contributed by atoms with van der Waals surface area (Å²) in [4.78, 5) is 36.5. The average molecular weight is 383 g/mol. The van der Waals surface area contributed by atoms with Crippen molar-refractivity contribution in [2.45, 2.75) is 32.8 Å². The number of hydrogen-bond acceptors (Lipinski definition) is 5. The van der Waals surface area contributed by atoms with Gasteiger partial charge in [-0.3, -0.25) is 20.4 Å². The van der Waals surface area contributed by atoms with Gasteiger partial charge in [0, 0.05) is 17.8 Å². The Balaban J connectivity index is 1.89. The van der Waals surface area contributed by atoms with E-state index in [-0.39, 0.29) is 0 Å². The zero-order valence-electron chi connectivity index (χ0n) is 16.0. The number of hydrazine groups is 1. The minimum atomic E-state index is -1.08. The van der Waals surface area contributed by atoms with Crippen LogP contribution in [0.4, 0.5) is 5.69 Å². The molecule has 0 aliphatic heterocycles. The lowest BCUT2D eigenvalue weighted by Gasteiger charge is -2.16. The minimum absolute atomic E-state index is 0.353. The largest absolute Gasteiger partial charge is 0.449 e. The first-order valence-corrected chi connectivity index (χ1v) is 9.22. The number of benzene rings is 2. The van der Waals surface area contributed by atoms with E-state index in [9.17, 15) is 14.4 Å². The van der Waals surface area contributed by atoms with Crippen molar-refractivity contribution in [2.75, 3.05) is 11.9 Å². The van der Waals surface area contributed by atoms with Crippen molar-refractivity contribution in [3.63, 3.8) is 0 Å². The lowest BCUT2D eigenvalue weighted by atomic mass is 10.1. The lowest BCUT2D eigenvalue weighted by molar-refractivity contribution is -0.129. The van der Waals surface area contributed by atoms with Crippen molar-refractivity contribution < 1.29 is 19.1 Å². The Kier molecular flexibility index (Phi) is 8.02. The number of carbonyl (C=O) groups excluding carboxylic acids is 3. The normalized spacial score (nSPS) is 11.2. The molecule has 0 aromatic heterocycles. The van der Waals surface area contributed by atoms with Crippen molar-refractivity contribution in [1.82, 2.24) is 10.9 Å². The Morgan fingerprint density at radius 2 is 1.64 bits per heavy atom. The highest BCUT2D eigenvalue weighted by molar-refractivity contribution is 5.98. The van der Waals surface area contributed by atoms with Gasteiger partial charge in [-0.2, -0.15) is 0 Å². The van der Waals surface area contributed by atoms with Crippen LogP contribution in [0.1, 0.15) is 47.4 Å². The Bertz CT molecular complexity index is 808. The average Bonchev–Trinajstić information content (AvgIpc) is 2.72. The number of amides is 2. The summed E-state index contributed by atoms with van der Waals surface area (Å²) in [5, 5.41) is 3.20. The van der Waals surface area contributed by atoms with Crippen molar-refractivity contribution >= 4 is 23.5 Å². The Morgan fingerprint density at radius 3 is 2.36 bits per heavy atom. The van der Waals surface area contributed by atoms with Crippen LogP contribution in [0.15, 0.2) is 54.6 Å². The molecule has 0 bridgehead atoms. The van der Waals surface area contributed by atoms with Gasteiger partial charge in [0.1, 0.15) is 0 Å². The highest BCUT2D eigenvalue weighted by Gasteiger charge is 2.21. The van der Waals surface area contributed by atoms with E-state index in [1.54, 1.807) is 48.5 Å². The van der Waals surface area contributed by atoms with Gasteiger partial charge in [0.25, 0.3) is 11.8 Å². The van der Waals surface area contributed by atoms with Crippen LogP contribution in [0.25, 0.3) is 0 Å². The third-order valence-corrected chi connectivity index (χ3v) is 3.98. The standard InChI is InChI=1S/C21H25N3O4/c1-3-4-14-22-18-13-9-8-12-17(18)21(27)28-15(2)19(25)23-24-20(26)16-10-6-5-7-11-16/h5-13,15,22H,3-4,14H2,1-2H3,(H,23,25)(H,24,26)/t15-/m1/s1. The number of anilines is 1. The number of para-hydroxylation sites is 1. The molecule has 7 nitrogen and oxygen atoms in total. The van der Waals surface area contributed by atoms with Crippen LogP contribution in [-0.2, 0) is 9.53 Å². The lowest BCUT2D eigenvalue weighted by Crippen LogP contribution is -2.46. The van der Waals surface area contributed by atoms with Gasteiger partial charge in [0.2, 0.25) is 0 Å². The van der Waals surface area contributed by atoms with Crippen LogP contribution in [0.2, 0.25) is 0 Å². The van der Waals surface area contributed by atoms with Crippen LogP contribution < -0.4 is 16.2 Å². The molecular weight excluding hydrogens is 358 g/mol. The summed E-state index contributed by atoms with van der Waals surface area (Å²) in [6.45, 7) is 4.26. The molecule has 0 saturated heterocycles. The molecule has 2 amide bonds. The predicted octanol–water partition coefficient (Wildman–Crippen LogP) is 2.91. The summed E-state index contributed by atoms with van der Waals surface area (Å²) in [6.07, 6.45) is 0.932. The van der Waals surface area contributed by atoms with Crippen LogP contribution >= 0.6 is 0 Å². The molecule has 28 heavy (non-hydrogen) atoms. The molecule has 0 unspecified atom stereocenters. The van der Waals surface area contributed by atoms with Crippen molar-refractivity contribution in [3.05, 3.63) is 65.7 Å². The second-order valence-corrected chi connectivity index (χ2v) is 6.18. The summed E-state index contributed by atoms with van der Waals surface area (Å²) in [6, 6.07) is 15.4. The van der Waals surface area contributed by atoms with Gasteiger partial charge in [-0.05, 0) is 37.6 Å². The fourth-order valence-corrected chi connectivity index (χ4v) is 2.37. The van der Waals surface area contributed by atoms with E-state index in [1.165, 1.54) is 6.92 Å². The first-order valence-electron chi connectivity index (χ1n) is 9.22. The Hall–Kier alpha value is -3.35. The maximum atomic E-state index is 12.4. The molecule has 7 heteroatoms. The van der Waals surface area contributed by atoms with Crippen molar-refractivity contribution in [2.24, 2.45) is 0 Å². The molecular formula is C21H25N3O4. The maximum absolute atomic E-state index is 12.4. The minimum Gasteiger partial charge on any atom is -0.449 e. The van der Waals surface area contributed by atoms with Crippen LogP contribution in [-0.4, -0.2) is 30.4 Å². The van der Waals surface area contributed by atoms with E-state index in [4.69, 9.17) is 4.74 Å².